The summed E-state index contributed by atoms with van der Waals surface area (Å²) in [5.74, 6) is 0. The molecule has 4 nitrogen and oxygen atoms in total. The molecule has 1 heterocycles. The van der Waals surface area contributed by atoms with Gasteiger partial charge in [-0.25, -0.2) is 0 Å². The Labute approximate surface area is 94.8 Å². The second-order valence-electron chi connectivity index (χ2n) is 2.98. The van der Waals surface area contributed by atoms with E-state index in [1.165, 1.54) is 18.5 Å². The van der Waals surface area contributed by atoms with E-state index in [1.54, 1.807) is 12.1 Å². The first-order valence-electron chi connectivity index (χ1n) is 3.99. The molecular formula is C9H6BrNO3S. The molecule has 0 aliphatic rings. The summed E-state index contributed by atoms with van der Waals surface area (Å²) in [5, 5.41) is 1.11. The third-order valence-electron chi connectivity index (χ3n) is 1.96. The van der Waals surface area contributed by atoms with Crippen LogP contribution >= 0.6 is 15.9 Å². The van der Waals surface area contributed by atoms with Crippen molar-refractivity contribution in [1.29, 1.82) is 0 Å². The van der Waals surface area contributed by atoms with Crippen molar-refractivity contribution < 1.29 is 13.0 Å². The van der Waals surface area contributed by atoms with Gasteiger partial charge in [0.15, 0.2) is 0 Å². The minimum atomic E-state index is -4.21. The molecule has 15 heavy (non-hydrogen) atoms. The first-order chi connectivity index (χ1) is 6.98. The predicted octanol–water partition coefficient (Wildman–Crippen LogP) is 2.24. The Morgan fingerprint density at radius 2 is 2.07 bits per heavy atom. The van der Waals surface area contributed by atoms with E-state index >= 15 is 0 Å². The summed E-state index contributed by atoms with van der Waals surface area (Å²) in [6.45, 7) is 0. The Hall–Kier alpha value is -0.980. The van der Waals surface area contributed by atoms with Crippen LogP contribution in [0.25, 0.3) is 10.8 Å². The summed E-state index contributed by atoms with van der Waals surface area (Å²) in [7, 11) is -4.21. The molecule has 78 valence electrons. The van der Waals surface area contributed by atoms with Crippen LogP contribution in [-0.4, -0.2) is 18.0 Å². The van der Waals surface area contributed by atoms with Gasteiger partial charge >= 0.3 is 0 Å². The van der Waals surface area contributed by atoms with Crippen molar-refractivity contribution in [3.8, 4) is 0 Å². The van der Waals surface area contributed by atoms with Crippen molar-refractivity contribution >= 4 is 36.8 Å². The van der Waals surface area contributed by atoms with Crippen LogP contribution in [0.15, 0.2) is 40.0 Å². The van der Waals surface area contributed by atoms with Crippen molar-refractivity contribution in [2.45, 2.75) is 4.90 Å². The van der Waals surface area contributed by atoms with Crippen molar-refractivity contribution in [3.05, 3.63) is 35.1 Å². The van der Waals surface area contributed by atoms with E-state index in [1.807, 2.05) is 0 Å². The largest absolute Gasteiger partial charge is 0.295 e. The van der Waals surface area contributed by atoms with Crippen LogP contribution < -0.4 is 0 Å². The Kier molecular flexibility index (Phi) is 2.49. The van der Waals surface area contributed by atoms with Crippen molar-refractivity contribution in [3.63, 3.8) is 0 Å². The standard InChI is InChI=1S/C9H6BrNO3S/c10-7-3-6-5-11-2-1-8(6)9(4-7)15(12,13)14/h1-5H,(H,12,13,14). The van der Waals surface area contributed by atoms with Crippen molar-refractivity contribution in [2.75, 3.05) is 0 Å². The molecule has 2 aromatic rings. The molecule has 1 N–H and O–H groups in total. The molecule has 0 aliphatic heterocycles. The smallest absolute Gasteiger partial charge is 0.282 e. The van der Waals surface area contributed by atoms with Gasteiger partial charge in [-0.15, -0.1) is 0 Å². The normalized spacial score (nSPS) is 11.9. The Morgan fingerprint density at radius 1 is 1.33 bits per heavy atom. The summed E-state index contributed by atoms with van der Waals surface area (Å²) < 4.78 is 31.8. The maximum absolute atomic E-state index is 11.1. The maximum Gasteiger partial charge on any atom is 0.295 e. The molecule has 2 rings (SSSR count). The van der Waals surface area contributed by atoms with E-state index < -0.39 is 10.1 Å². The summed E-state index contributed by atoms with van der Waals surface area (Å²) in [5.41, 5.74) is 0. The molecule has 0 radical (unpaired) electrons. The number of hydrogen-bond acceptors (Lipinski definition) is 3. The topological polar surface area (TPSA) is 67.3 Å². The lowest BCUT2D eigenvalue weighted by Gasteiger charge is -2.03. The van der Waals surface area contributed by atoms with Gasteiger partial charge in [-0.2, -0.15) is 8.42 Å². The highest BCUT2D eigenvalue weighted by atomic mass is 79.9. The van der Waals surface area contributed by atoms with E-state index in [4.69, 9.17) is 4.55 Å². The lowest BCUT2D eigenvalue weighted by molar-refractivity contribution is 0.484. The molecule has 0 saturated heterocycles. The number of halogens is 1. The molecule has 0 spiro atoms. The van der Waals surface area contributed by atoms with Gasteiger partial charge in [0.2, 0.25) is 0 Å². The molecule has 0 atom stereocenters. The fourth-order valence-corrected chi connectivity index (χ4v) is 2.72. The second-order valence-corrected chi connectivity index (χ2v) is 5.28. The molecule has 1 aromatic carbocycles. The average molecular weight is 288 g/mol. The number of fused-ring (bicyclic) bond motifs is 1. The van der Waals surface area contributed by atoms with Gasteiger partial charge in [0, 0.05) is 27.6 Å². The molecule has 1 aromatic heterocycles. The van der Waals surface area contributed by atoms with Crippen LogP contribution in [0.1, 0.15) is 0 Å². The quantitative estimate of drug-likeness (QED) is 0.817. The van der Waals surface area contributed by atoms with Gasteiger partial charge in [-0.3, -0.25) is 9.54 Å². The zero-order valence-corrected chi connectivity index (χ0v) is 9.79. The number of hydrogen-bond donors (Lipinski definition) is 1. The zero-order chi connectivity index (χ0) is 11.1. The zero-order valence-electron chi connectivity index (χ0n) is 7.38. The van der Waals surface area contributed by atoms with Crippen LogP contribution in [0.3, 0.4) is 0 Å². The SMILES string of the molecule is O=S(=O)(O)c1cc(Br)cc2cnccc12. The van der Waals surface area contributed by atoms with Crippen LogP contribution in [0.4, 0.5) is 0 Å². The monoisotopic (exact) mass is 287 g/mol. The van der Waals surface area contributed by atoms with E-state index in [0.29, 0.717) is 15.2 Å². The molecule has 0 aliphatic carbocycles. The van der Waals surface area contributed by atoms with E-state index in [2.05, 4.69) is 20.9 Å². The van der Waals surface area contributed by atoms with Gasteiger partial charge in [0.1, 0.15) is 4.90 Å². The van der Waals surface area contributed by atoms with E-state index in [-0.39, 0.29) is 4.90 Å². The predicted molar refractivity (Wildman–Crippen MR) is 59.3 cm³/mol. The first kappa shape index (κ1) is 10.5. The molecule has 0 bridgehead atoms. The molecular weight excluding hydrogens is 282 g/mol. The van der Waals surface area contributed by atoms with Gasteiger partial charge < -0.3 is 0 Å². The molecule has 0 fully saturated rings. The van der Waals surface area contributed by atoms with Crippen LogP contribution in [0.5, 0.6) is 0 Å². The number of benzene rings is 1. The van der Waals surface area contributed by atoms with Gasteiger partial charge in [0.05, 0.1) is 0 Å². The minimum absolute atomic E-state index is 0.116. The highest BCUT2D eigenvalue weighted by Gasteiger charge is 2.14. The van der Waals surface area contributed by atoms with Gasteiger partial charge in [-0.05, 0) is 18.2 Å². The average Bonchev–Trinajstić information content (AvgIpc) is 2.15. The summed E-state index contributed by atoms with van der Waals surface area (Å²) in [4.78, 5) is 3.76. The lowest BCUT2D eigenvalue weighted by Crippen LogP contribution is -1.99. The van der Waals surface area contributed by atoms with Crippen LogP contribution in [0, 0.1) is 0 Å². The number of pyridine rings is 1. The number of rotatable bonds is 1. The fraction of sp³-hybridized carbons (Fsp3) is 0. The molecule has 6 heteroatoms. The minimum Gasteiger partial charge on any atom is -0.282 e. The maximum atomic E-state index is 11.1. The molecule has 0 saturated carbocycles. The van der Waals surface area contributed by atoms with Crippen molar-refractivity contribution in [1.82, 2.24) is 4.98 Å². The van der Waals surface area contributed by atoms with E-state index in [0.717, 1.165) is 0 Å². The molecule has 0 amide bonds. The summed E-state index contributed by atoms with van der Waals surface area (Å²) in [6, 6.07) is 4.64. The highest BCUT2D eigenvalue weighted by molar-refractivity contribution is 9.10. The fourth-order valence-electron chi connectivity index (χ4n) is 1.35. The first-order valence-corrected chi connectivity index (χ1v) is 6.22. The molecule has 0 unspecified atom stereocenters. The summed E-state index contributed by atoms with van der Waals surface area (Å²) in [6.07, 6.45) is 3.01. The second kappa shape index (κ2) is 3.55. The van der Waals surface area contributed by atoms with Crippen LogP contribution in [-0.2, 0) is 10.1 Å². The third-order valence-corrected chi connectivity index (χ3v) is 3.31. The Balaban J connectivity index is 2.96. The number of nitrogens with zero attached hydrogens (tertiary/aromatic N) is 1. The lowest BCUT2D eigenvalue weighted by atomic mass is 10.2. The van der Waals surface area contributed by atoms with Crippen LogP contribution in [0.2, 0.25) is 0 Å². The highest BCUT2D eigenvalue weighted by Crippen LogP contribution is 2.26. The number of aromatic nitrogens is 1. The third kappa shape index (κ3) is 2.01. The van der Waals surface area contributed by atoms with E-state index in [9.17, 15) is 8.42 Å². The van der Waals surface area contributed by atoms with Crippen molar-refractivity contribution in [2.24, 2.45) is 0 Å². The Morgan fingerprint density at radius 3 is 2.73 bits per heavy atom. The van der Waals surface area contributed by atoms with Gasteiger partial charge in [0.25, 0.3) is 10.1 Å². The van der Waals surface area contributed by atoms with Gasteiger partial charge in [-0.1, -0.05) is 15.9 Å². The Bertz CT molecular complexity index is 624. The summed E-state index contributed by atoms with van der Waals surface area (Å²) >= 11 is 3.17.